The van der Waals surface area contributed by atoms with Crippen LogP contribution < -0.4 is 4.90 Å². The molecule has 10 rings (SSSR count). The number of amides is 2. The maximum Gasteiger partial charge on any atom is 0.258 e. The quantitative estimate of drug-likeness (QED) is 0.157. The highest BCUT2D eigenvalue weighted by Gasteiger charge is 2.45. The van der Waals surface area contributed by atoms with Gasteiger partial charge in [0.1, 0.15) is 7.05 Å². The maximum atomic E-state index is 14.1. The lowest BCUT2D eigenvalue weighted by molar-refractivity contribution is -0.401. The second-order valence-electron chi connectivity index (χ2n) is 18.1. The van der Waals surface area contributed by atoms with Crippen LogP contribution in [0.4, 0.5) is 11.4 Å². The van der Waals surface area contributed by atoms with Gasteiger partial charge in [-0.15, -0.1) is 0 Å². The lowest BCUT2D eigenvalue weighted by Crippen LogP contribution is -2.33. The standard InChI is InChI=1S/C57H51N4O2/c1-56(2)46-36-42(52-44-24-15-13-18-38(44)32-34-60(52)54(62)40-20-9-7-10-21-40)28-30-48(46)58(5)50(56)26-17-27-51-57(3,4)47-37-43(29-31-49(47)59(51)6)53-45-25-16-14-19-39(45)33-35-61(53)55(63)41-22-11-8-12-23-41/h7-37,52-53H,1-6H3/q+1. The first-order valence-electron chi connectivity index (χ1n) is 21.8. The van der Waals surface area contributed by atoms with Gasteiger partial charge in [0.15, 0.2) is 5.71 Å². The van der Waals surface area contributed by atoms with E-state index >= 15 is 0 Å². The molecule has 6 heteroatoms. The number of hydrogen-bond acceptors (Lipinski definition) is 3. The van der Waals surface area contributed by atoms with E-state index in [2.05, 4.69) is 154 Å². The van der Waals surface area contributed by atoms with Crippen molar-refractivity contribution in [2.45, 2.75) is 50.6 Å². The first-order valence-corrected chi connectivity index (χ1v) is 21.8. The Balaban J connectivity index is 0.953. The summed E-state index contributed by atoms with van der Waals surface area (Å²) >= 11 is 0. The zero-order valence-corrected chi connectivity index (χ0v) is 36.7. The highest BCUT2D eigenvalue weighted by molar-refractivity contribution is 6.03. The minimum absolute atomic E-state index is 0.0266. The molecule has 4 aliphatic rings. The fourth-order valence-electron chi connectivity index (χ4n) is 10.4. The van der Waals surface area contributed by atoms with E-state index in [-0.39, 0.29) is 34.7 Å². The van der Waals surface area contributed by atoms with Gasteiger partial charge in [0.2, 0.25) is 5.69 Å². The Kier molecular flexibility index (Phi) is 9.63. The first kappa shape index (κ1) is 39.8. The Morgan fingerprint density at radius 1 is 0.587 bits per heavy atom. The van der Waals surface area contributed by atoms with Gasteiger partial charge >= 0.3 is 0 Å². The zero-order valence-electron chi connectivity index (χ0n) is 36.7. The van der Waals surface area contributed by atoms with E-state index in [1.165, 1.54) is 22.5 Å². The van der Waals surface area contributed by atoms with Crippen LogP contribution in [0.25, 0.3) is 12.2 Å². The van der Waals surface area contributed by atoms with E-state index < -0.39 is 0 Å². The normalized spacial score (nSPS) is 19.7. The van der Waals surface area contributed by atoms with Crippen molar-refractivity contribution < 1.29 is 14.2 Å². The zero-order chi connectivity index (χ0) is 43.6. The molecule has 0 fully saturated rings. The topological polar surface area (TPSA) is 46.9 Å². The van der Waals surface area contributed by atoms with E-state index in [9.17, 15) is 9.59 Å². The summed E-state index contributed by atoms with van der Waals surface area (Å²) in [5.41, 5.74) is 14.5. The van der Waals surface area contributed by atoms with E-state index in [0.29, 0.717) is 11.1 Å². The van der Waals surface area contributed by atoms with Gasteiger partial charge in [0, 0.05) is 65.1 Å². The monoisotopic (exact) mass is 823 g/mol. The number of likely N-dealkylation sites (N-methyl/N-ethyl adjacent to an activating group) is 1. The average molecular weight is 824 g/mol. The number of anilines is 1. The van der Waals surface area contributed by atoms with Crippen LogP contribution >= 0.6 is 0 Å². The Morgan fingerprint density at radius 3 is 1.63 bits per heavy atom. The number of benzene rings is 6. The fraction of sp³-hybridized carbons (Fsp3) is 0.175. The molecule has 0 aromatic heterocycles. The number of allylic oxidation sites excluding steroid dienone is 4. The van der Waals surface area contributed by atoms with Gasteiger partial charge in [-0.1, -0.05) is 117 Å². The molecule has 4 heterocycles. The van der Waals surface area contributed by atoms with Crippen molar-refractivity contribution in [3.05, 3.63) is 238 Å². The largest absolute Gasteiger partial charge is 0.347 e. The van der Waals surface area contributed by atoms with Gasteiger partial charge < -0.3 is 14.7 Å². The maximum absolute atomic E-state index is 14.1. The summed E-state index contributed by atoms with van der Waals surface area (Å²) in [4.78, 5) is 34.2. The number of fused-ring (bicyclic) bond motifs is 4. The smallest absolute Gasteiger partial charge is 0.258 e. The van der Waals surface area contributed by atoms with Gasteiger partial charge in [0.25, 0.3) is 11.8 Å². The van der Waals surface area contributed by atoms with E-state index in [1.54, 1.807) is 0 Å². The third kappa shape index (κ3) is 6.51. The van der Waals surface area contributed by atoms with Crippen LogP contribution in [-0.2, 0) is 10.8 Å². The molecule has 0 saturated heterocycles. The van der Waals surface area contributed by atoms with E-state index in [1.807, 2.05) is 95.0 Å². The Morgan fingerprint density at radius 2 is 1.08 bits per heavy atom. The van der Waals surface area contributed by atoms with Crippen molar-refractivity contribution in [1.29, 1.82) is 0 Å². The summed E-state index contributed by atoms with van der Waals surface area (Å²) in [5, 5.41) is 0. The summed E-state index contributed by atoms with van der Waals surface area (Å²) < 4.78 is 2.30. The molecule has 6 aromatic rings. The van der Waals surface area contributed by atoms with Gasteiger partial charge in [-0.2, -0.15) is 4.58 Å². The van der Waals surface area contributed by atoms with Crippen molar-refractivity contribution in [1.82, 2.24) is 9.80 Å². The van der Waals surface area contributed by atoms with Crippen molar-refractivity contribution in [3.63, 3.8) is 0 Å². The second kappa shape index (κ2) is 15.2. The SMILES string of the molecule is CN1/C(=C\C=C\C2=[N+](C)c3ccc(C4c5ccccc5C=CN4C(=O)c4ccccc4)cc3C2(C)C)C(C)(C)c2cc(C3c4ccccc4C=CN3C(=O)c3ccccc3)ccc21. The molecule has 2 atom stereocenters. The molecule has 0 N–H and O–H groups in total. The van der Waals surface area contributed by atoms with E-state index in [4.69, 9.17) is 0 Å². The van der Waals surface area contributed by atoms with Crippen molar-refractivity contribution in [3.8, 4) is 0 Å². The second-order valence-corrected chi connectivity index (χ2v) is 18.1. The first-order chi connectivity index (χ1) is 30.4. The molecule has 2 unspecified atom stereocenters. The molecule has 2 amide bonds. The summed E-state index contributed by atoms with van der Waals surface area (Å²) in [6, 6.07) is 48.7. The van der Waals surface area contributed by atoms with Crippen LogP contribution in [0.3, 0.4) is 0 Å². The van der Waals surface area contributed by atoms with Crippen LogP contribution in [0, 0.1) is 0 Å². The molecule has 310 valence electrons. The molecule has 0 radical (unpaired) electrons. The van der Waals surface area contributed by atoms with Crippen LogP contribution in [0.1, 0.15) is 105 Å². The van der Waals surface area contributed by atoms with Gasteiger partial charge in [-0.05, 0) is 113 Å². The van der Waals surface area contributed by atoms with Gasteiger partial charge in [0.05, 0.1) is 17.5 Å². The molecule has 0 spiro atoms. The molecular weight excluding hydrogens is 773 g/mol. The molecule has 6 aromatic carbocycles. The van der Waals surface area contributed by atoms with Crippen LogP contribution in [0.15, 0.2) is 182 Å². The molecule has 0 bridgehead atoms. The van der Waals surface area contributed by atoms with Crippen molar-refractivity contribution >= 4 is 41.1 Å². The van der Waals surface area contributed by atoms with Crippen LogP contribution in [0.2, 0.25) is 0 Å². The van der Waals surface area contributed by atoms with Crippen LogP contribution in [0.5, 0.6) is 0 Å². The summed E-state index contributed by atoms with van der Waals surface area (Å²) in [6.45, 7) is 9.17. The number of carbonyl (C=O) groups is 2. The average Bonchev–Trinajstić information content (AvgIpc) is 3.63. The van der Waals surface area contributed by atoms with Crippen molar-refractivity contribution in [2.75, 3.05) is 19.0 Å². The minimum atomic E-state index is -0.309. The van der Waals surface area contributed by atoms with Crippen molar-refractivity contribution in [2.24, 2.45) is 0 Å². The summed E-state index contributed by atoms with van der Waals surface area (Å²) in [7, 11) is 4.30. The number of rotatable bonds is 6. The predicted molar refractivity (Wildman–Crippen MR) is 255 cm³/mol. The molecular formula is C57H51N4O2+. The highest BCUT2D eigenvalue weighted by atomic mass is 16.2. The predicted octanol–water partition coefficient (Wildman–Crippen LogP) is 12.0. The number of hydrogen-bond donors (Lipinski definition) is 0. The van der Waals surface area contributed by atoms with Gasteiger partial charge in [-0.3, -0.25) is 9.59 Å². The minimum Gasteiger partial charge on any atom is -0.347 e. The lowest BCUT2D eigenvalue weighted by atomic mass is 9.79. The Bertz CT molecular complexity index is 2990. The summed E-state index contributed by atoms with van der Waals surface area (Å²) in [5.74, 6) is -0.0533. The number of nitrogens with zero attached hydrogens (tertiary/aromatic N) is 4. The summed E-state index contributed by atoms with van der Waals surface area (Å²) in [6.07, 6.45) is 14.7. The third-order valence-electron chi connectivity index (χ3n) is 13.7. The molecule has 0 aliphatic carbocycles. The van der Waals surface area contributed by atoms with Gasteiger partial charge in [-0.25, -0.2) is 0 Å². The van der Waals surface area contributed by atoms with Crippen LogP contribution in [-0.4, -0.2) is 46.0 Å². The highest BCUT2D eigenvalue weighted by Crippen LogP contribution is 2.50. The Hall–Kier alpha value is -7.31. The molecule has 0 saturated carbocycles. The molecule has 4 aliphatic heterocycles. The third-order valence-corrected chi connectivity index (χ3v) is 13.7. The molecule has 63 heavy (non-hydrogen) atoms. The fourth-order valence-corrected chi connectivity index (χ4v) is 10.4. The van der Waals surface area contributed by atoms with E-state index in [0.717, 1.165) is 44.8 Å². The Labute approximate surface area is 370 Å². The number of carbonyl (C=O) groups excluding carboxylic acids is 2. The molecule has 6 nitrogen and oxygen atoms in total. The lowest BCUT2D eigenvalue weighted by Gasteiger charge is -2.34.